The molecule has 0 unspecified atom stereocenters. The minimum atomic E-state index is 0.390. The molecule has 0 amide bonds. The molecule has 1 aromatic rings. The van der Waals surface area contributed by atoms with Gasteiger partial charge < -0.3 is 10.6 Å². The van der Waals surface area contributed by atoms with E-state index in [0.717, 1.165) is 32.5 Å². The van der Waals surface area contributed by atoms with E-state index in [1.54, 1.807) is 0 Å². The van der Waals surface area contributed by atoms with Crippen LogP contribution in [0.15, 0.2) is 12.3 Å². The molecule has 0 aliphatic carbocycles. The van der Waals surface area contributed by atoms with Crippen molar-refractivity contribution in [3.05, 3.63) is 18.0 Å². The number of aryl methyl sites for hydroxylation is 1. The highest BCUT2D eigenvalue weighted by atomic mass is 15.3. The van der Waals surface area contributed by atoms with E-state index < -0.39 is 0 Å². The van der Waals surface area contributed by atoms with Gasteiger partial charge in [-0.25, -0.2) is 0 Å². The maximum atomic E-state index is 5.84. The molecule has 1 fully saturated rings. The fraction of sp³-hybridized carbons (Fsp3) is 0.700. The molecule has 1 saturated heterocycles. The van der Waals surface area contributed by atoms with Gasteiger partial charge in [0.1, 0.15) is 0 Å². The van der Waals surface area contributed by atoms with Gasteiger partial charge in [0, 0.05) is 44.5 Å². The molecule has 0 saturated carbocycles. The van der Waals surface area contributed by atoms with E-state index in [1.807, 2.05) is 17.9 Å². The number of nitrogens with zero attached hydrogens (tertiary/aromatic N) is 3. The second-order valence-corrected chi connectivity index (χ2v) is 4.05. The van der Waals surface area contributed by atoms with Crippen molar-refractivity contribution in [3.8, 4) is 0 Å². The number of likely N-dealkylation sites (tertiary alicyclic amines) is 1. The Morgan fingerprint density at radius 3 is 3.07 bits per heavy atom. The summed E-state index contributed by atoms with van der Waals surface area (Å²) in [5.41, 5.74) is 7.14. The zero-order valence-electron chi connectivity index (χ0n) is 8.69. The molecule has 1 atom stereocenters. The molecule has 2 N–H and O–H groups in total. The van der Waals surface area contributed by atoms with Crippen LogP contribution in [-0.2, 0) is 13.5 Å². The van der Waals surface area contributed by atoms with Crippen molar-refractivity contribution < 1.29 is 0 Å². The molecule has 1 aliphatic heterocycles. The molecular formula is C10H18N4. The molecule has 1 aromatic heterocycles. The predicted molar refractivity (Wildman–Crippen MR) is 55.9 cm³/mol. The third-order valence-electron chi connectivity index (χ3n) is 2.92. The van der Waals surface area contributed by atoms with Crippen molar-refractivity contribution in [1.82, 2.24) is 14.7 Å². The van der Waals surface area contributed by atoms with Crippen LogP contribution in [-0.4, -0.2) is 40.4 Å². The van der Waals surface area contributed by atoms with Crippen molar-refractivity contribution >= 4 is 0 Å². The molecule has 14 heavy (non-hydrogen) atoms. The Hall–Kier alpha value is -0.870. The van der Waals surface area contributed by atoms with E-state index in [9.17, 15) is 0 Å². The molecule has 4 heteroatoms. The number of aromatic nitrogens is 2. The lowest BCUT2D eigenvalue weighted by Crippen LogP contribution is -2.28. The summed E-state index contributed by atoms with van der Waals surface area (Å²) in [7, 11) is 1.99. The second-order valence-electron chi connectivity index (χ2n) is 4.05. The number of nitrogens with two attached hydrogens (primary N) is 1. The Balaban J connectivity index is 1.80. The topological polar surface area (TPSA) is 47.1 Å². The van der Waals surface area contributed by atoms with Gasteiger partial charge in [-0.1, -0.05) is 0 Å². The first-order chi connectivity index (χ1) is 6.75. The Kier molecular flexibility index (Phi) is 2.84. The maximum Gasteiger partial charge on any atom is 0.0492 e. The summed E-state index contributed by atoms with van der Waals surface area (Å²) >= 11 is 0. The van der Waals surface area contributed by atoms with Crippen molar-refractivity contribution in [1.29, 1.82) is 0 Å². The average molecular weight is 194 g/mol. The van der Waals surface area contributed by atoms with Crippen LogP contribution in [0.3, 0.4) is 0 Å². The number of hydrogen-bond donors (Lipinski definition) is 1. The Morgan fingerprint density at radius 2 is 2.50 bits per heavy atom. The van der Waals surface area contributed by atoms with Crippen LogP contribution < -0.4 is 5.73 Å². The summed E-state index contributed by atoms with van der Waals surface area (Å²) in [6, 6.07) is 2.47. The van der Waals surface area contributed by atoms with Gasteiger partial charge in [-0.2, -0.15) is 5.10 Å². The third-order valence-corrected chi connectivity index (χ3v) is 2.92. The summed E-state index contributed by atoms with van der Waals surface area (Å²) < 4.78 is 1.94. The van der Waals surface area contributed by atoms with Crippen LogP contribution >= 0.6 is 0 Å². The molecule has 0 aromatic carbocycles. The third kappa shape index (κ3) is 2.13. The van der Waals surface area contributed by atoms with E-state index in [2.05, 4.69) is 16.1 Å². The molecule has 78 valence electrons. The minimum Gasteiger partial charge on any atom is -0.326 e. The summed E-state index contributed by atoms with van der Waals surface area (Å²) in [6.07, 6.45) is 4.07. The molecule has 2 heterocycles. The maximum absolute atomic E-state index is 5.84. The first-order valence-corrected chi connectivity index (χ1v) is 5.20. The lowest BCUT2D eigenvalue weighted by molar-refractivity contribution is 0.336. The largest absolute Gasteiger partial charge is 0.326 e. The van der Waals surface area contributed by atoms with Crippen molar-refractivity contribution in [2.75, 3.05) is 19.6 Å². The number of hydrogen-bond acceptors (Lipinski definition) is 3. The molecular weight excluding hydrogens is 176 g/mol. The molecule has 0 radical (unpaired) electrons. The van der Waals surface area contributed by atoms with Crippen LogP contribution in [0.5, 0.6) is 0 Å². The van der Waals surface area contributed by atoms with Crippen molar-refractivity contribution in [2.24, 2.45) is 12.8 Å². The van der Waals surface area contributed by atoms with Gasteiger partial charge in [0.05, 0.1) is 0 Å². The van der Waals surface area contributed by atoms with Gasteiger partial charge in [-0.05, 0) is 19.0 Å². The summed E-state index contributed by atoms with van der Waals surface area (Å²) in [5.74, 6) is 0. The molecule has 1 aliphatic rings. The van der Waals surface area contributed by atoms with Gasteiger partial charge in [-0.15, -0.1) is 0 Å². The minimum absolute atomic E-state index is 0.390. The molecule has 2 rings (SSSR count). The van der Waals surface area contributed by atoms with E-state index in [1.165, 1.54) is 5.69 Å². The van der Waals surface area contributed by atoms with E-state index >= 15 is 0 Å². The van der Waals surface area contributed by atoms with Crippen LogP contribution in [0.1, 0.15) is 12.1 Å². The first kappa shape index (κ1) is 9.68. The number of rotatable bonds is 3. The quantitative estimate of drug-likeness (QED) is 0.736. The van der Waals surface area contributed by atoms with E-state index in [-0.39, 0.29) is 0 Å². The van der Waals surface area contributed by atoms with Crippen LogP contribution in [0.2, 0.25) is 0 Å². The van der Waals surface area contributed by atoms with Crippen molar-refractivity contribution in [2.45, 2.75) is 18.9 Å². The first-order valence-electron chi connectivity index (χ1n) is 5.20. The zero-order chi connectivity index (χ0) is 9.97. The molecule has 0 bridgehead atoms. The normalized spacial score (nSPS) is 23.1. The standard InChI is InChI=1S/C10H18N4/c1-13-10(2-5-12-13)4-7-14-6-3-9(11)8-14/h2,5,9H,3-4,6-8,11H2,1H3/t9-/m0/s1. The highest BCUT2D eigenvalue weighted by Gasteiger charge is 2.18. The van der Waals surface area contributed by atoms with Gasteiger partial charge in [0.15, 0.2) is 0 Å². The smallest absolute Gasteiger partial charge is 0.0492 e. The monoisotopic (exact) mass is 194 g/mol. The summed E-state index contributed by atoms with van der Waals surface area (Å²) in [6.45, 7) is 3.31. The van der Waals surface area contributed by atoms with Gasteiger partial charge in [0.2, 0.25) is 0 Å². The fourth-order valence-corrected chi connectivity index (χ4v) is 1.98. The molecule has 0 spiro atoms. The van der Waals surface area contributed by atoms with E-state index in [4.69, 9.17) is 5.73 Å². The SMILES string of the molecule is Cn1nccc1CCN1CC[C@H](N)C1. The van der Waals surface area contributed by atoms with Crippen molar-refractivity contribution in [3.63, 3.8) is 0 Å². The summed E-state index contributed by atoms with van der Waals surface area (Å²) in [5, 5.41) is 4.15. The zero-order valence-corrected chi connectivity index (χ0v) is 8.69. The fourth-order valence-electron chi connectivity index (χ4n) is 1.98. The Morgan fingerprint density at radius 1 is 1.64 bits per heavy atom. The summed E-state index contributed by atoms with van der Waals surface area (Å²) in [4.78, 5) is 2.43. The van der Waals surface area contributed by atoms with Crippen LogP contribution in [0.25, 0.3) is 0 Å². The highest BCUT2D eigenvalue weighted by molar-refractivity contribution is 5.00. The van der Waals surface area contributed by atoms with Gasteiger partial charge in [-0.3, -0.25) is 4.68 Å². The lowest BCUT2D eigenvalue weighted by Gasteiger charge is -2.14. The van der Waals surface area contributed by atoms with Gasteiger partial charge >= 0.3 is 0 Å². The van der Waals surface area contributed by atoms with Crippen LogP contribution in [0.4, 0.5) is 0 Å². The highest BCUT2D eigenvalue weighted by Crippen LogP contribution is 2.08. The average Bonchev–Trinajstić information content (AvgIpc) is 2.72. The molecule has 4 nitrogen and oxygen atoms in total. The van der Waals surface area contributed by atoms with Crippen LogP contribution in [0, 0.1) is 0 Å². The predicted octanol–water partition coefficient (Wildman–Crippen LogP) is -0.00440. The lowest BCUT2D eigenvalue weighted by atomic mass is 10.3. The Bertz CT molecular complexity index is 294. The van der Waals surface area contributed by atoms with E-state index in [0.29, 0.717) is 6.04 Å². The second kappa shape index (κ2) is 4.11. The Labute approximate surface area is 84.7 Å². The van der Waals surface area contributed by atoms with Gasteiger partial charge in [0.25, 0.3) is 0 Å².